The van der Waals surface area contributed by atoms with Crippen molar-refractivity contribution in [3.05, 3.63) is 28.8 Å². The lowest BCUT2D eigenvalue weighted by Crippen LogP contribution is -2.06. The maximum Gasteiger partial charge on any atom is 0.0693 e. The fourth-order valence-corrected chi connectivity index (χ4v) is 2.57. The summed E-state index contributed by atoms with van der Waals surface area (Å²) in [6.45, 7) is 6.60. The highest BCUT2D eigenvalue weighted by atomic mass is 35.5. The first-order chi connectivity index (χ1) is 7.06. The van der Waals surface area contributed by atoms with E-state index in [1.807, 2.05) is 18.2 Å². The molecule has 1 aromatic rings. The van der Waals surface area contributed by atoms with E-state index >= 15 is 0 Å². The van der Waals surface area contributed by atoms with Gasteiger partial charge < -0.3 is 5.11 Å². The van der Waals surface area contributed by atoms with Gasteiger partial charge in [0.1, 0.15) is 0 Å². The van der Waals surface area contributed by atoms with Gasteiger partial charge in [0.15, 0.2) is 0 Å². The third-order valence-corrected chi connectivity index (χ3v) is 4.52. The second-order valence-corrected chi connectivity index (χ2v) is 5.75. The SMILES string of the molecule is CC(C)C(C)Sc1c(Cl)cccc1CO. The van der Waals surface area contributed by atoms with Gasteiger partial charge in [-0.1, -0.05) is 44.5 Å². The Morgan fingerprint density at radius 2 is 2.00 bits per heavy atom. The zero-order chi connectivity index (χ0) is 11.4. The minimum atomic E-state index is 0.0493. The van der Waals surface area contributed by atoms with Gasteiger partial charge in [0, 0.05) is 10.1 Å². The van der Waals surface area contributed by atoms with Crippen LogP contribution in [-0.2, 0) is 6.61 Å². The highest BCUT2D eigenvalue weighted by Gasteiger charge is 2.13. The maximum atomic E-state index is 9.22. The van der Waals surface area contributed by atoms with Crippen LogP contribution in [-0.4, -0.2) is 10.4 Å². The molecule has 0 spiro atoms. The molecule has 0 aliphatic carbocycles. The van der Waals surface area contributed by atoms with Crippen LogP contribution in [0.15, 0.2) is 23.1 Å². The zero-order valence-corrected chi connectivity index (χ0v) is 10.9. The Hall–Kier alpha value is -0.180. The minimum absolute atomic E-state index is 0.0493. The number of rotatable bonds is 4. The Labute approximate surface area is 101 Å². The summed E-state index contributed by atoms with van der Waals surface area (Å²) >= 11 is 7.86. The Kier molecular flexibility index (Phi) is 4.97. The van der Waals surface area contributed by atoms with Gasteiger partial charge in [-0.3, -0.25) is 0 Å². The molecule has 1 aromatic carbocycles. The highest BCUT2D eigenvalue weighted by molar-refractivity contribution is 8.00. The van der Waals surface area contributed by atoms with Crippen molar-refractivity contribution < 1.29 is 5.11 Å². The number of halogens is 1. The van der Waals surface area contributed by atoms with E-state index in [0.29, 0.717) is 11.2 Å². The number of benzene rings is 1. The molecule has 0 aromatic heterocycles. The van der Waals surface area contributed by atoms with Crippen molar-refractivity contribution in [2.24, 2.45) is 5.92 Å². The zero-order valence-electron chi connectivity index (χ0n) is 9.33. The van der Waals surface area contributed by atoms with E-state index in [-0.39, 0.29) is 6.61 Å². The first kappa shape index (κ1) is 12.9. The topological polar surface area (TPSA) is 20.2 Å². The summed E-state index contributed by atoms with van der Waals surface area (Å²) in [5.41, 5.74) is 0.917. The van der Waals surface area contributed by atoms with Gasteiger partial charge in [-0.2, -0.15) is 0 Å². The predicted molar refractivity (Wildman–Crippen MR) is 67.5 cm³/mol. The smallest absolute Gasteiger partial charge is 0.0693 e. The second kappa shape index (κ2) is 5.78. The molecule has 0 saturated heterocycles. The number of hydrogen-bond donors (Lipinski definition) is 1. The lowest BCUT2D eigenvalue weighted by molar-refractivity contribution is 0.279. The molecule has 0 radical (unpaired) electrons. The highest BCUT2D eigenvalue weighted by Crippen LogP contribution is 2.35. The first-order valence-corrected chi connectivity index (χ1v) is 6.37. The molecule has 0 bridgehead atoms. The molecular weight excluding hydrogens is 228 g/mol. The van der Waals surface area contributed by atoms with Crippen molar-refractivity contribution in [1.29, 1.82) is 0 Å². The van der Waals surface area contributed by atoms with Crippen molar-refractivity contribution >= 4 is 23.4 Å². The van der Waals surface area contributed by atoms with Crippen LogP contribution in [0.3, 0.4) is 0 Å². The number of aliphatic hydroxyl groups is 1. The molecule has 0 aliphatic rings. The predicted octanol–water partition coefficient (Wildman–Crippen LogP) is 3.97. The van der Waals surface area contributed by atoms with Crippen molar-refractivity contribution in [2.45, 2.75) is 37.5 Å². The van der Waals surface area contributed by atoms with Gasteiger partial charge in [0.2, 0.25) is 0 Å². The lowest BCUT2D eigenvalue weighted by atomic mass is 10.2. The Morgan fingerprint density at radius 1 is 1.33 bits per heavy atom. The molecule has 1 nitrogen and oxygen atoms in total. The molecule has 0 saturated carbocycles. The van der Waals surface area contributed by atoms with E-state index in [2.05, 4.69) is 20.8 Å². The standard InChI is InChI=1S/C12H17ClOS/c1-8(2)9(3)15-12-10(7-14)5-4-6-11(12)13/h4-6,8-9,14H,7H2,1-3H3. The van der Waals surface area contributed by atoms with E-state index in [1.165, 1.54) is 0 Å². The monoisotopic (exact) mass is 244 g/mol. The lowest BCUT2D eigenvalue weighted by Gasteiger charge is -2.17. The molecule has 15 heavy (non-hydrogen) atoms. The first-order valence-electron chi connectivity index (χ1n) is 5.11. The summed E-state index contributed by atoms with van der Waals surface area (Å²) in [6.07, 6.45) is 0. The fourth-order valence-electron chi connectivity index (χ4n) is 1.13. The molecular formula is C12H17ClOS. The van der Waals surface area contributed by atoms with Crippen LogP contribution in [0.4, 0.5) is 0 Å². The van der Waals surface area contributed by atoms with E-state index in [1.54, 1.807) is 11.8 Å². The summed E-state index contributed by atoms with van der Waals surface area (Å²) < 4.78 is 0. The molecule has 3 heteroatoms. The summed E-state index contributed by atoms with van der Waals surface area (Å²) in [7, 11) is 0. The van der Waals surface area contributed by atoms with Crippen molar-refractivity contribution in [3.63, 3.8) is 0 Å². The average Bonchev–Trinajstić information content (AvgIpc) is 2.20. The maximum absolute atomic E-state index is 9.22. The van der Waals surface area contributed by atoms with Gasteiger partial charge in [0.05, 0.1) is 11.6 Å². The van der Waals surface area contributed by atoms with Crippen molar-refractivity contribution in [3.8, 4) is 0 Å². The Morgan fingerprint density at radius 3 is 2.53 bits per heavy atom. The van der Waals surface area contributed by atoms with Crippen LogP contribution in [0.25, 0.3) is 0 Å². The van der Waals surface area contributed by atoms with E-state index in [9.17, 15) is 5.11 Å². The number of aliphatic hydroxyl groups excluding tert-OH is 1. The average molecular weight is 245 g/mol. The van der Waals surface area contributed by atoms with Crippen molar-refractivity contribution in [1.82, 2.24) is 0 Å². The molecule has 0 fully saturated rings. The van der Waals surface area contributed by atoms with Gasteiger partial charge in [-0.05, 0) is 17.5 Å². The quantitative estimate of drug-likeness (QED) is 0.809. The molecule has 1 unspecified atom stereocenters. The van der Waals surface area contributed by atoms with Gasteiger partial charge in [-0.15, -0.1) is 11.8 Å². The normalized spacial score (nSPS) is 13.2. The van der Waals surface area contributed by atoms with Crippen LogP contribution in [0.1, 0.15) is 26.3 Å². The van der Waals surface area contributed by atoms with Crippen LogP contribution >= 0.6 is 23.4 Å². The largest absolute Gasteiger partial charge is 0.392 e. The molecule has 0 heterocycles. The van der Waals surface area contributed by atoms with E-state index in [0.717, 1.165) is 15.5 Å². The molecule has 1 N–H and O–H groups in total. The molecule has 84 valence electrons. The second-order valence-electron chi connectivity index (χ2n) is 3.95. The number of hydrogen-bond acceptors (Lipinski definition) is 2. The Balaban J connectivity index is 2.92. The van der Waals surface area contributed by atoms with Crippen LogP contribution in [0.2, 0.25) is 5.02 Å². The van der Waals surface area contributed by atoms with Crippen LogP contribution in [0.5, 0.6) is 0 Å². The minimum Gasteiger partial charge on any atom is -0.392 e. The Bertz CT molecular complexity index is 325. The molecule has 0 aliphatic heterocycles. The fraction of sp³-hybridized carbons (Fsp3) is 0.500. The summed E-state index contributed by atoms with van der Waals surface area (Å²) in [6, 6.07) is 5.66. The van der Waals surface area contributed by atoms with Crippen LogP contribution < -0.4 is 0 Å². The third kappa shape index (κ3) is 3.40. The summed E-state index contributed by atoms with van der Waals surface area (Å²) in [5, 5.41) is 10.5. The van der Waals surface area contributed by atoms with Gasteiger partial charge in [0.25, 0.3) is 0 Å². The van der Waals surface area contributed by atoms with Gasteiger partial charge in [-0.25, -0.2) is 0 Å². The molecule has 1 rings (SSSR count). The van der Waals surface area contributed by atoms with Crippen molar-refractivity contribution in [2.75, 3.05) is 0 Å². The van der Waals surface area contributed by atoms with Gasteiger partial charge >= 0.3 is 0 Å². The number of thioether (sulfide) groups is 1. The molecule has 0 amide bonds. The summed E-state index contributed by atoms with van der Waals surface area (Å²) in [5.74, 6) is 0.595. The van der Waals surface area contributed by atoms with E-state index < -0.39 is 0 Å². The third-order valence-electron chi connectivity index (χ3n) is 2.46. The van der Waals surface area contributed by atoms with E-state index in [4.69, 9.17) is 11.6 Å². The van der Waals surface area contributed by atoms with Crippen LogP contribution in [0, 0.1) is 5.92 Å². The summed E-state index contributed by atoms with van der Waals surface area (Å²) in [4.78, 5) is 1.02. The molecule has 1 atom stereocenters.